The van der Waals surface area contributed by atoms with E-state index in [1.165, 1.54) is 0 Å². The van der Waals surface area contributed by atoms with E-state index in [1.54, 1.807) is 0 Å². The van der Waals surface area contributed by atoms with Gasteiger partial charge in [-0.25, -0.2) is 8.42 Å². The Hall–Kier alpha value is -1.24. The van der Waals surface area contributed by atoms with Gasteiger partial charge in [-0.2, -0.15) is 0 Å². The second kappa shape index (κ2) is 3.41. The Labute approximate surface area is 87.9 Å². The minimum absolute atomic E-state index is 0.0180. The van der Waals surface area contributed by atoms with Crippen molar-refractivity contribution in [2.75, 3.05) is 30.0 Å². The molecule has 84 valence electrons. The third-order valence-electron chi connectivity index (χ3n) is 2.43. The zero-order valence-electron chi connectivity index (χ0n) is 8.43. The van der Waals surface area contributed by atoms with Crippen LogP contribution < -0.4 is 10.6 Å². The van der Waals surface area contributed by atoms with E-state index in [4.69, 9.17) is 10.3 Å². The third kappa shape index (κ3) is 1.79. The maximum Gasteiger partial charge on any atom is 0.243 e. The monoisotopic (exact) mass is 231 g/mol. The van der Waals surface area contributed by atoms with Crippen LogP contribution in [0.4, 0.5) is 11.7 Å². The number of hydrogen-bond acceptors (Lipinski definition) is 6. The first-order valence-corrected chi connectivity index (χ1v) is 6.59. The highest BCUT2D eigenvalue weighted by Gasteiger charge is 2.28. The Morgan fingerprint density at radius 2 is 2.00 bits per heavy atom. The summed E-state index contributed by atoms with van der Waals surface area (Å²) in [5.41, 5.74) is 5.46. The SMILES string of the molecule is CS(=O)(=O)c1c(N2CCCC2)noc1N. The molecule has 0 aliphatic carbocycles. The van der Waals surface area contributed by atoms with Crippen LogP contribution in [0.3, 0.4) is 0 Å². The molecule has 0 saturated carbocycles. The molecule has 0 aromatic carbocycles. The highest BCUT2D eigenvalue weighted by molar-refractivity contribution is 7.91. The Morgan fingerprint density at radius 3 is 2.53 bits per heavy atom. The molecule has 1 aromatic rings. The van der Waals surface area contributed by atoms with Crippen LogP contribution in [0.5, 0.6) is 0 Å². The van der Waals surface area contributed by atoms with E-state index in [2.05, 4.69) is 5.16 Å². The van der Waals surface area contributed by atoms with Crippen LogP contribution in [0.15, 0.2) is 9.42 Å². The largest absolute Gasteiger partial charge is 0.366 e. The van der Waals surface area contributed by atoms with Gasteiger partial charge < -0.3 is 15.2 Å². The molecule has 1 saturated heterocycles. The lowest BCUT2D eigenvalue weighted by molar-refractivity contribution is 0.435. The van der Waals surface area contributed by atoms with E-state index in [1.807, 2.05) is 4.90 Å². The number of hydrogen-bond donors (Lipinski definition) is 1. The van der Waals surface area contributed by atoms with Gasteiger partial charge in [0.05, 0.1) is 0 Å². The van der Waals surface area contributed by atoms with E-state index in [0.29, 0.717) is 5.82 Å². The summed E-state index contributed by atoms with van der Waals surface area (Å²) in [6, 6.07) is 0. The van der Waals surface area contributed by atoms with E-state index >= 15 is 0 Å². The van der Waals surface area contributed by atoms with Crippen LogP contribution in [-0.2, 0) is 9.84 Å². The van der Waals surface area contributed by atoms with E-state index < -0.39 is 9.84 Å². The highest BCUT2D eigenvalue weighted by Crippen LogP contribution is 2.31. The minimum atomic E-state index is -3.38. The highest BCUT2D eigenvalue weighted by atomic mass is 32.2. The van der Waals surface area contributed by atoms with Crippen molar-refractivity contribution in [2.45, 2.75) is 17.7 Å². The number of anilines is 2. The molecule has 0 radical (unpaired) electrons. The normalized spacial score (nSPS) is 17.3. The molecule has 15 heavy (non-hydrogen) atoms. The molecule has 0 spiro atoms. The molecule has 2 rings (SSSR count). The second-order valence-corrected chi connectivity index (χ2v) is 5.62. The molecule has 0 unspecified atom stereocenters. The van der Waals surface area contributed by atoms with Crippen molar-refractivity contribution in [3.05, 3.63) is 0 Å². The van der Waals surface area contributed by atoms with Gasteiger partial charge in [0.2, 0.25) is 5.88 Å². The van der Waals surface area contributed by atoms with Gasteiger partial charge in [0.25, 0.3) is 0 Å². The Kier molecular flexibility index (Phi) is 2.34. The average Bonchev–Trinajstić information content (AvgIpc) is 2.68. The smallest absolute Gasteiger partial charge is 0.243 e. The topological polar surface area (TPSA) is 89.4 Å². The number of nitrogens with two attached hydrogens (primary N) is 1. The first-order valence-electron chi connectivity index (χ1n) is 4.70. The van der Waals surface area contributed by atoms with Gasteiger partial charge in [-0.15, -0.1) is 0 Å². The van der Waals surface area contributed by atoms with Crippen LogP contribution in [0.1, 0.15) is 12.8 Å². The van der Waals surface area contributed by atoms with E-state index in [-0.39, 0.29) is 10.8 Å². The van der Waals surface area contributed by atoms with Crippen LogP contribution >= 0.6 is 0 Å². The number of rotatable bonds is 2. The van der Waals surface area contributed by atoms with Gasteiger partial charge in [-0.05, 0) is 12.8 Å². The molecule has 2 heterocycles. The molecule has 1 aliphatic heterocycles. The minimum Gasteiger partial charge on any atom is -0.366 e. The molecular weight excluding hydrogens is 218 g/mol. The fourth-order valence-electron chi connectivity index (χ4n) is 1.76. The van der Waals surface area contributed by atoms with Gasteiger partial charge in [-0.1, -0.05) is 5.16 Å². The Bertz CT molecular complexity index is 459. The molecule has 7 heteroatoms. The predicted molar refractivity (Wildman–Crippen MR) is 55.5 cm³/mol. The summed E-state index contributed by atoms with van der Waals surface area (Å²) in [5.74, 6) is 0.229. The van der Waals surface area contributed by atoms with E-state index in [9.17, 15) is 8.42 Å². The number of nitrogens with zero attached hydrogens (tertiary/aromatic N) is 2. The predicted octanol–water partition coefficient (Wildman–Crippen LogP) is 0.261. The first-order chi connectivity index (χ1) is 7.00. The first kappa shape index (κ1) is 10.3. The standard InChI is InChI=1S/C8H13N3O3S/c1-15(12,13)6-7(9)14-10-8(6)11-4-2-3-5-11/h2-5,9H2,1H3. The van der Waals surface area contributed by atoms with Crippen LogP contribution in [0, 0.1) is 0 Å². The molecule has 6 nitrogen and oxygen atoms in total. The Morgan fingerprint density at radius 1 is 1.40 bits per heavy atom. The van der Waals surface area contributed by atoms with Crippen LogP contribution in [0.25, 0.3) is 0 Å². The maximum absolute atomic E-state index is 11.5. The Balaban J connectivity index is 2.48. The zero-order valence-corrected chi connectivity index (χ0v) is 9.25. The lowest BCUT2D eigenvalue weighted by atomic mass is 10.4. The number of sulfone groups is 1. The summed E-state index contributed by atoms with van der Waals surface area (Å²) in [5, 5.41) is 3.71. The van der Waals surface area contributed by atoms with Crippen molar-refractivity contribution in [1.82, 2.24) is 5.16 Å². The van der Waals surface area contributed by atoms with Gasteiger partial charge in [-0.3, -0.25) is 0 Å². The van der Waals surface area contributed by atoms with Crippen molar-refractivity contribution in [2.24, 2.45) is 0 Å². The average molecular weight is 231 g/mol. The van der Waals surface area contributed by atoms with Crippen molar-refractivity contribution in [3.63, 3.8) is 0 Å². The fourth-order valence-corrected chi connectivity index (χ4v) is 2.67. The summed E-state index contributed by atoms with van der Waals surface area (Å²) < 4.78 is 27.7. The molecule has 0 amide bonds. The number of nitrogen functional groups attached to an aromatic ring is 1. The zero-order chi connectivity index (χ0) is 11.1. The second-order valence-electron chi connectivity index (χ2n) is 3.67. The molecule has 1 fully saturated rings. The summed E-state index contributed by atoms with van der Waals surface area (Å²) in [4.78, 5) is 1.90. The summed E-state index contributed by atoms with van der Waals surface area (Å²) in [6.07, 6.45) is 3.18. The van der Waals surface area contributed by atoms with Gasteiger partial charge in [0, 0.05) is 19.3 Å². The van der Waals surface area contributed by atoms with Crippen molar-refractivity contribution < 1.29 is 12.9 Å². The summed E-state index contributed by atoms with van der Waals surface area (Å²) in [7, 11) is -3.38. The number of aromatic nitrogens is 1. The molecule has 1 aromatic heterocycles. The quantitative estimate of drug-likeness (QED) is 0.785. The third-order valence-corrected chi connectivity index (χ3v) is 3.56. The fraction of sp³-hybridized carbons (Fsp3) is 0.625. The van der Waals surface area contributed by atoms with Crippen molar-refractivity contribution in [1.29, 1.82) is 0 Å². The lowest BCUT2D eigenvalue weighted by Gasteiger charge is -2.13. The maximum atomic E-state index is 11.5. The van der Waals surface area contributed by atoms with Crippen molar-refractivity contribution >= 4 is 21.5 Å². The van der Waals surface area contributed by atoms with Gasteiger partial charge in [0.15, 0.2) is 20.6 Å². The molecule has 1 aliphatic rings. The summed E-state index contributed by atoms with van der Waals surface area (Å²) in [6.45, 7) is 1.60. The van der Waals surface area contributed by atoms with Crippen LogP contribution in [-0.4, -0.2) is 32.9 Å². The molecular formula is C8H13N3O3S. The van der Waals surface area contributed by atoms with Crippen LogP contribution in [0.2, 0.25) is 0 Å². The summed E-state index contributed by atoms with van der Waals surface area (Å²) >= 11 is 0. The van der Waals surface area contributed by atoms with E-state index in [0.717, 1.165) is 32.2 Å². The van der Waals surface area contributed by atoms with Gasteiger partial charge >= 0.3 is 0 Å². The molecule has 0 atom stereocenters. The van der Waals surface area contributed by atoms with Gasteiger partial charge in [0.1, 0.15) is 0 Å². The lowest BCUT2D eigenvalue weighted by Crippen LogP contribution is -2.20. The van der Waals surface area contributed by atoms with Crippen molar-refractivity contribution in [3.8, 4) is 0 Å². The molecule has 2 N–H and O–H groups in total. The molecule has 0 bridgehead atoms.